The first kappa shape index (κ1) is 10.6. The van der Waals surface area contributed by atoms with Crippen molar-refractivity contribution in [2.45, 2.75) is 19.9 Å². The second kappa shape index (κ2) is 4.28. The Morgan fingerprint density at radius 3 is 3.13 bits per heavy atom. The number of piperazine rings is 1. The van der Waals surface area contributed by atoms with Crippen LogP contribution in [0.5, 0.6) is 0 Å². The van der Waals surface area contributed by atoms with Gasteiger partial charge in [-0.3, -0.25) is 4.79 Å². The normalized spacial score (nSPS) is 21.7. The van der Waals surface area contributed by atoms with Crippen LogP contribution in [0.2, 0.25) is 0 Å². The third-order valence-electron chi connectivity index (χ3n) is 2.59. The van der Waals surface area contributed by atoms with E-state index in [0.717, 1.165) is 29.5 Å². The molecule has 2 heterocycles. The Morgan fingerprint density at radius 2 is 2.53 bits per heavy atom. The number of carbonyl (C=O) groups excluding carboxylic acids is 1. The van der Waals surface area contributed by atoms with E-state index in [4.69, 9.17) is 0 Å². The topological polar surface area (TPSA) is 45.2 Å². The van der Waals surface area contributed by atoms with Gasteiger partial charge < -0.3 is 10.2 Å². The summed E-state index contributed by atoms with van der Waals surface area (Å²) in [6, 6.07) is 0.272. The van der Waals surface area contributed by atoms with Crippen LogP contribution in [0.1, 0.15) is 21.6 Å². The SMILES string of the molecule is Cc1ncc(C(=O)N2CCNC[C@H]2C)s1. The summed E-state index contributed by atoms with van der Waals surface area (Å²) in [5, 5.41) is 4.22. The number of amides is 1. The second-order valence-corrected chi connectivity index (χ2v) is 5.03. The average molecular weight is 225 g/mol. The maximum atomic E-state index is 12.1. The zero-order chi connectivity index (χ0) is 10.8. The molecule has 1 saturated heterocycles. The van der Waals surface area contributed by atoms with Crippen molar-refractivity contribution >= 4 is 17.2 Å². The van der Waals surface area contributed by atoms with Crippen molar-refractivity contribution in [3.63, 3.8) is 0 Å². The van der Waals surface area contributed by atoms with Gasteiger partial charge >= 0.3 is 0 Å². The van der Waals surface area contributed by atoms with Crippen molar-refractivity contribution in [3.8, 4) is 0 Å². The van der Waals surface area contributed by atoms with Gasteiger partial charge in [0.1, 0.15) is 4.88 Å². The minimum atomic E-state index is 0.120. The highest BCUT2D eigenvalue weighted by atomic mass is 32.1. The number of rotatable bonds is 1. The molecule has 0 radical (unpaired) electrons. The monoisotopic (exact) mass is 225 g/mol. The van der Waals surface area contributed by atoms with Crippen molar-refractivity contribution < 1.29 is 4.79 Å². The van der Waals surface area contributed by atoms with Gasteiger partial charge in [-0.2, -0.15) is 0 Å². The summed E-state index contributed by atoms with van der Waals surface area (Å²) in [5.41, 5.74) is 0. The van der Waals surface area contributed by atoms with Gasteiger partial charge in [-0.05, 0) is 13.8 Å². The molecule has 0 spiro atoms. The highest BCUT2D eigenvalue weighted by Crippen LogP contribution is 2.16. The van der Waals surface area contributed by atoms with Crippen LogP contribution >= 0.6 is 11.3 Å². The van der Waals surface area contributed by atoms with Gasteiger partial charge in [0.25, 0.3) is 5.91 Å². The number of carbonyl (C=O) groups is 1. The van der Waals surface area contributed by atoms with Gasteiger partial charge in [-0.25, -0.2) is 4.98 Å². The zero-order valence-electron chi connectivity index (χ0n) is 8.99. The highest BCUT2D eigenvalue weighted by molar-refractivity contribution is 7.13. The summed E-state index contributed by atoms with van der Waals surface area (Å²) in [5.74, 6) is 0.120. The molecule has 2 rings (SSSR count). The fraction of sp³-hybridized carbons (Fsp3) is 0.600. The number of nitrogens with one attached hydrogen (secondary N) is 1. The maximum Gasteiger partial charge on any atom is 0.265 e. The van der Waals surface area contributed by atoms with Crippen LogP contribution in [-0.2, 0) is 0 Å². The van der Waals surface area contributed by atoms with E-state index in [9.17, 15) is 4.79 Å². The third kappa shape index (κ3) is 2.18. The number of aryl methyl sites for hydroxylation is 1. The maximum absolute atomic E-state index is 12.1. The molecule has 1 aromatic rings. The van der Waals surface area contributed by atoms with Crippen molar-refractivity contribution in [3.05, 3.63) is 16.1 Å². The van der Waals surface area contributed by atoms with Gasteiger partial charge in [-0.15, -0.1) is 11.3 Å². The fourth-order valence-corrected chi connectivity index (χ4v) is 2.48. The average Bonchev–Trinajstić information content (AvgIpc) is 2.65. The van der Waals surface area contributed by atoms with Crippen LogP contribution in [-0.4, -0.2) is 41.5 Å². The molecule has 4 nitrogen and oxygen atoms in total. The molecular weight excluding hydrogens is 210 g/mol. The molecular formula is C10H15N3OS. The lowest BCUT2D eigenvalue weighted by Gasteiger charge is -2.33. The van der Waals surface area contributed by atoms with Crippen molar-refractivity contribution in [1.82, 2.24) is 15.2 Å². The van der Waals surface area contributed by atoms with Crippen molar-refractivity contribution in [2.75, 3.05) is 19.6 Å². The van der Waals surface area contributed by atoms with E-state index in [1.165, 1.54) is 11.3 Å². The number of hydrogen-bond acceptors (Lipinski definition) is 4. The summed E-state index contributed by atoms with van der Waals surface area (Å²) in [6.45, 7) is 6.54. The summed E-state index contributed by atoms with van der Waals surface area (Å²) in [7, 11) is 0. The van der Waals surface area contributed by atoms with Crippen molar-refractivity contribution in [1.29, 1.82) is 0 Å². The molecule has 1 aromatic heterocycles. The molecule has 1 amide bonds. The van der Waals surface area contributed by atoms with Gasteiger partial charge in [0.15, 0.2) is 0 Å². The predicted octanol–water partition coefficient (Wildman–Crippen LogP) is 0.885. The molecule has 1 aliphatic heterocycles. The molecule has 5 heteroatoms. The smallest absolute Gasteiger partial charge is 0.265 e. The first-order valence-electron chi connectivity index (χ1n) is 5.12. The minimum absolute atomic E-state index is 0.120. The largest absolute Gasteiger partial charge is 0.333 e. The molecule has 0 saturated carbocycles. The van der Waals surface area contributed by atoms with Gasteiger partial charge in [0.05, 0.1) is 11.2 Å². The predicted molar refractivity (Wildman–Crippen MR) is 60.2 cm³/mol. The molecule has 0 unspecified atom stereocenters. The standard InChI is InChI=1S/C10H15N3OS/c1-7-5-11-3-4-13(7)10(14)9-6-12-8(2)15-9/h6-7,11H,3-5H2,1-2H3/t7-/m1/s1. The van der Waals surface area contributed by atoms with E-state index in [1.807, 2.05) is 11.8 Å². The molecule has 15 heavy (non-hydrogen) atoms. The Balaban J connectivity index is 2.13. The Morgan fingerprint density at radius 1 is 1.73 bits per heavy atom. The van der Waals surface area contributed by atoms with E-state index in [-0.39, 0.29) is 11.9 Å². The number of aromatic nitrogens is 1. The number of nitrogens with zero attached hydrogens (tertiary/aromatic N) is 2. The van der Waals surface area contributed by atoms with E-state index in [1.54, 1.807) is 6.20 Å². The fourth-order valence-electron chi connectivity index (χ4n) is 1.74. The van der Waals surface area contributed by atoms with Crippen LogP contribution in [0.4, 0.5) is 0 Å². The summed E-state index contributed by atoms with van der Waals surface area (Å²) < 4.78 is 0. The first-order valence-corrected chi connectivity index (χ1v) is 5.94. The highest BCUT2D eigenvalue weighted by Gasteiger charge is 2.24. The number of thiazole rings is 1. The van der Waals surface area contributed by atoms with E-state index >= 15 is 0 Å². The van der Waals surface area contributed by atoms with Crippen LogP contribution < -0.4 is 5.32 Å². The van der Waals surface area contributed by atoms with Gasteiger partial charge in [0.2, 0.25) is 0 Å². The van der Waals surface area contributed by atoms with E-state index < -0.39 is 0 Å². The third-order valence-corrected chi connectivity index (χ3v) is 3.49. The Bertz CT molecular complexity index is 363. The van der Waals surface area contributed by atoms with Crippen molar-refractivity contribution in [2.24, 2.45) is 0 Å². The second-order valence-electron chi connectivity index (χ2n) is 3.80. The Labute approximate surface area is 93.3 Å². The summed E-state index contributed by atoms with van der Waals surface area (Å²) in [4.78, 5) is 18.9. The summed E-state index contributed by atoms with van der Waals surface area (Å²) in [6.07, 6.45) is 1.68. The molecule has 1 atom stereocenters. The molecule has 0 aliphatic carbocycles. The molecule has 1 aliphatic rings. The Hall–Kier alpha value is -0.940. The van der Waals surface area contributed by atoms with Crippen LogP contribution in [0, 0.1) is 6.92 Å². The van der Waals surface area contributed by atoms with Crippen LogP contribution in [0.15, 0.2) is 6.20 Å². The zero-order valence-corrected chi connectivity index (χ0v) is 9.80. The van der Waals surface area contributed by atoms with Crippen LogP contribution in [0.3, 0.4) is 0 Å². The lowest BCUT2D eigenvalue weighted by Crippen LogP contribution is -2.52. The summed E-state index contributed by atoms with van der Waals surface area (Å²) >= 11 is 1.47. The molecule has 82 valence electrons. The minimum Gasteiger partial charge on any atom is -0.333 e. The van der Waals surface area contributed by atoms with E-state index in [0.29, 0.717) is 0 Å². The molecule has 0 bridgehead atoms. The molecule has 1 fully saturated rings. The Kier molecular flexibility index (Phi) is 3.02. The molecule has 1 N–H and O–H groups in total. The van der Waals surface area contributed by atoms with Gasteiger partial charge in [-0.1, -0.05) is 0 Å². The molecule has 0 aromatic carbocycles. The lowest BCUT2D eigenvalue weighted by atomic mass is 10.2. The number of hydrogen-bond donors (Lipinski definition) is 1. The van der Waals surface area contributed by atoms with E-state index in [2.05, 4.69) is 17.2 Å². The van der Waals surface area contributed by atoms with Crippen LogP contribution in [0.25, 0.3) is 0 Å². The van der Waals surface area contributed by atoms with Gasteiger partial charge in [0, 0.05) is 25.7 Å². The quantitative estimate of drug-likeness (QED) is 0.772. The lowest BCUT2D eigenvalue weighted by molar-refractivity contribution is 0.0660. The first-order chi connectivity index (χ1) is 7.18.